The number of aryl methyl sites for hydroxylation is 1. The summed E-state index contributed by atoms with van der Waals surface area (Å²) >= 11 is 1.27. The second kappa shape index (κ2) is 4.66. The molecular weight excluding hydrogens is 258 g/mol. The number of aliphatic hydroxyl groups is 1. The third-order valence-electron chi connectivity index (χ3n) is 2.44. The molecule has 17 heavy (non-hydrogen) atoms. The fourth-order valence-electron chi connectivity index (χ4n) is 1.42. The molecule has 0 fully saturated rings. The van der Waals surface area contributed by atoms with Crippen LogP contribution < -0.4 is 0 Å². The first-order chi connectivity index (χ1) is 7.54. The molecule has 1 N–H and O–H groups in total. The van der Waals surface area contributed by atoms with E-state index in [-0.39, 0.29) is 5.75 Å². The average Bonchev–Trinajstić information content (AvgIpc) is 2.44. The normalized spacial score (nSPS) is 13.4. The molecule has 0 aliphatic rings. The molecule has 0 saturated carbocycles. The SMILES string of the molecule is Cc1nc(CS(=O)(=O)C(C)C)sc1C(C)(C)O. The van der Waals surface area contributed by atoms with E-state index in [0.29, 0.717) is 10.7 Å². The zero-order valence-electron chi connectivity index (χ0n) is 10.8. The highest BCUT2D eigenvalue weighted by Crippen LogP contribution is 2.30. The molecule has 0 saturated heterocycles. The number of hydrogen-bond acceptors (Lipinski definition) is 5. The van der Waals surface area contributed by atoms with Gasteiger partial charge in [0, 0.05) is 0 Å². The molecule has 0 bridgehead atoms. The van der Waals surface area contributed by atoms with Crippen molar-refractivity contribution in [2.45, 2.75) is 51.2 Å². The first-order valence-corrected chi connectivity index (χ1v) is 7.98. The van der Waals surface area contributed by atoms with Gasteiger partial charge < -0.3 is 5.11 Å². The van der Waals surface area contributed by atoms with Crippen molar-refractivity contribution in [3.8, 4) is 0 Å². The molecule has 0 aromatic carbocycles. The summed E-state index contributed by atoms with van der Waals surface area (Å²) in [5.74, 6) is -0.0494. The van der Waals surface area contributed by atoms with Gasteiger partial charge in [0.25, 0.3) is 0 Å². The Morgan fingerprint density at radius 3 is 2.29 bits per heavy atom. The minimum absolute atomic E-state index is 0.0494. The van der Waals surface area contributed by atoms with Crippen LogP contribution in [0.25, 0.3) is 0 Å². The largest absolute Gasteiger partial charge is 0.385 e. The summed E-state index contributed by atoms with van der Waals surface area (Å²) in [5, 5.41) is 10.1. The first kappa shape index (κ1) is 14.6. The molecule has 0 radical (unpaired) electrons. The summed E-state index contributed by atoms with van der Waals surface area (Å²) in [6, 6.07) is 0. The van der Waals surface area contributed by atoms with E-state index in [2.05, 4.69) is 4.98 Å². The Morgan fingerprint density at radius 1 is 1.41 bits per heavy atom. The van der Waals surface area contributed by atoms with Crippen molar-refractivity contribution in [3.05, 3.63) is 15.6 Å². The van der Waals surface area contributed by atoms with Gasteiger partial charge in [0.15, 0.2) is 9.84 Å². The van der Waals surface area contributed by atoms with Crippen molar-refractivity contribution >= 4 is 21.2 Å². The van der Waals surface area contributed by atoms with Gasteiger partial charge in [-0.05, 0) is 34.6 Å². The Hall–Kier alpha value is -0.460. The quantitative estimate of drug-likeness (QED) is 0.914. The summed E-state index contributed by atoms with van der Waals surface area (Å²) in [5.41, 5.74) is -0.266. The highest BCUT2D eigenvalue weighted by atomic mass is 32.2. The summed E-state index contributed by atoms with van der Waals surface area (Å²) in [6.07, 6.45) is 0. The Kier molecular flexibility index (Phi) is 4.01. The summed E-state index contributed by atoms with van der Waals surface area (Å²) in [4.78, 5) is 4.95. The molecule has 0 atom stereocenters. The topological polar surface area (TPSA) is 67.3 Å². The Bertz CT molecular complexity index is 495. The molecule has 0 spiro atoms. The molecule has 1 heterocycles. The molecule has 1 aromatic rings. The fourth-order valence-corrected chi connectivity index (χ4v) is 3.75. The summed E-state index contributed by atoms with van der Waals surface area (Å²) < 4.78 is 23.5. The number of hydrogen-bond donors (Lipinski definition) is 1. The number of thiazole rings is 1. The zero-order chi connectivity index (χ0) is 13.4. The third kappa shape index (κ3) is 3.50. The van der Waals surface area contributed by atoms with E-state index in [9.17, 15) is 13.5 Å². The van der Waals surface area contributed by atoms with Crippen LogP contribution in [0.5, 0.6) is 0 Å². The summed E-state index contributed by atoms with van der Waals surface area (Å²) in [6.45, 7) is 8.46. The van der Waals surface area contributed by atoms with Crippen molar-refractivity contribution in [1.82, 2.24) is 4.98 Å². The maximum atomic E-state index is 11.8. The number of nitrogens with zero attached hydrogens (tertiary/aromatic N) is 1. The second-order valence-electron chi connectivity index (χ2n) is 4.94. The van der Waals surface area contributed by atoms with E-state index in [0.717, 1.165) is 4.88 Å². The lowest BCUT2D eigenvalue weighted by molar-refractivity contribution is 0.0817. The fraction of sp³-hybridized carbons (Fsp3) is 0.727. The second-order valence-corrected chi connectivity index (χ2v) is 8.58. The number of aromatic nitrogens is 1. The minimum Gasteiger partial charge on any atom is -0.385 e. The van der Waals surface area contributed by atoms with Gasteiger partial charge in [-0.3, -0.25) is 0 Å². The first-order valence-electron chi connectivity index (χ1n) is 5.45. The molecular formula is C11H19NO3S2. The van der Waals surface area contributed by atoms with Crippen molar-refractivity contribution < 1.29 is 13.5 Å². The molecule has 0 amide bonds. The lowest BCUT2D eigenvalue weighted by Gasteiger charge is -2.15. The standard InChI is InChI=1S/C11H19NO3S2/c1-7(2)17(14,15)6-9-12-8(3)10(16-9)11(4,5)13/h7,13H,6H2,1-5H3. The Balaban J connectivity index is 3.05. The van der Waals surface area contributed by atoms with E-state index < -0.39 is 20.7 Å². The van der Waals surface area contributed by atoms with Crippen LogP contribution in [-0.2, 0) is 21.2 Å². The molecule has 1 rings (SSSR count). The molecule has 1 aromatic heterocycles. The number of sulfone groups is 1. The van der Waals surface area contributed by atoms with Gasteiger partial charge in [-0.1, -0.05) is 0 Å². The van der Waals surface area contributed by atoms with Gasteiger partial charge in [-0.2, -0.15) is 0 Å². The molecule has 0 aliphatic carbocycles. The van der Waals surface area contributed by atoms with Crippen LogP contribution in [0.3, 0.4) is 0 Å². The minimum atomic E-state index is -3.13. The van der Waals surface area contributed by atoms with Crippen LogP contribution in [0.1, 0.15) is 43.3 Å². The average molecular weight is 277 g/mol. The van der Waals surface area contributed by atoms with Crippen LogP contribution in [-0.4, -0.2) is 23.8 Å². The highest BCUT2D eigenvalue weighted by molar-refractivity contribution is 7.91. The van der Waals surface area contributed by atoms with Crippen LogP contribution in [0, 0.1) is 6.92 Å². The molecule has 4 nitrogen and oxygen atoms in total. The van der Waals surface area contributed by atoms with Gasteiger partial charge in [0.1, 0.15) is 10.8 Å². The van der Waals surface area contributed by atoms with Crippen molar-refractivity contribution in [2.75, 3.05) is 0 Å². The summed E-state index contributed by atoms with van der Waals surface area (Å²) in [7, 11) is -3.13. The lowest BCUT2D eigenvalue weighted by Crippen LogP contribution is -2.15. The van der Waals surface area contributed by atoms with E-state index in [4.69, 9.17) is 0 Å². The van der Waals surface area contributed by atoms with E-state index >= 15 is 0 Å². The lowest BCUT2D eigenvalue weighted by atomic mass is 10.1. The van der Waals surface area contributed by atoms with E-state index in [1.54, 1.807) is 34.6 Å². The zero-order valence-corrected chi connectivity index (χ0v) is 12.4. The Labute approximate surface area is 107 Å². The molecule has 0 aliphatic heterocycles. The smallest absolute Gasteiger partial charge is 0.159 e. The molecule has 98 valence electrons. The van der Waals surface area contributed by atoms with E-state index in [1.807, 2.05) is 0 Å². The highest BCUT2D eigenvalue weighted by Gasteiger charge is 2.25. The van der Waals surface area contributed by atoms with Crippen molar-refractivity contribution in [3.63, 3.8) is 0 Å². The van der Waals surface area contributed by atoms with Crippen LogP contribution in [0.2, 0.25) is 0 Å². The predicted octanol–water partition coefficient (Wildman–Crippen LogP) is 2.00. The maximum absolute atomic E-state index is 11.8. The van der Waals surface area contributed by atoms with Gasteiger partial charge in [0.2, 0.25) is 0 Å². The van der Waals surface area contributed by atoms with Crippen LogP contribution in [0.4, 0.5) is 0 Å². The number of rotatable bonds is 4. The predicted molar refractivity (Wildman–Crippen MR) is 69.9 cm³/mol. The van der Waals surface area contributed by atoms with Crippen LogP contribution in [0.15, 0.2) is 0 Å². The van der Waals surface area contributed by atoms with Crippen molar-refractivity contribution in [1.29, 1.82) is 0 Å². The third-order valence-corrected chi connectivity index (χ3v) is 6.20. The molecule has 0 unspecified atom stereocenters. The van der Waals surface area contributed by atoms with Gasteiger partial charge in [-0.25, -0.2) is 13.4 Å². The van der Waals surface area contributed by atoms with Gasteiger partial charge in [-0.15, -0.1) is 11.3 Å². The monoisotopic (exact) mass is 277 g/mol. The van der Waals surface area contributed by atoms with Gasteiger partial charge in [0.05, 0.1) is 21.4 Å². The van der Waals surface area contributed by atoms with Crippen LogP contribution >= 0.6 is 11.3 Å². The van der Waals surface area contributed by atoms with Crippen molar-refractivity contribution in [2.24, 2.45) is 0 Å². The van der Waals surface area contributed by atoms with Gasteiger partial charge >= 0.3 is 0 Å². The maximum Gasteiger partial charge on any atom is 0.159 e. The Morgan fingerprint density at radius 2 is 1.94 bits per heavy atom. The molecule has 6 heteroatoms. The van der Waals surface area contributed by atoms with E-state index in [1.165, 1.54) is 11.3 Å².